The standard InChI is InChI=1S/C36H42Cl2N6O6/c1-5-19(3)23(34-42-32(31(39)46)44-50-34)16-28(45)36(13-12-27-25(17-36)24-14-22(37)15-26(38)30(24)40-27)43-33(47)29(20(4)6-2)41-35(48)49-18-21-10-8-7-9-11-21/h7-11,14-15,19-20,23,29,40H,5-6,12-13,16-18H2,1-4H3,(H2,39,46)(H,41,48)(H,43,47)/t19?,20?,23-,29-,36-/m0/s1. The number of Topliss-reactive ketones (excluding diaryl/α,β-unsaturated/α-hetero) is 1. The third kappa shape index (κ3) is 7.97. The summed E-state index contributed by atoms with van der Waals surface area (Å²) in [6.07, 6.45) is 1.23. The van der Waals surface area contributed by atoms with Crippen molar-refractivity contribution in [1.82, 2.24) is 25.8 Å². The third-order valence-electron chi connectivity index (χ3n) is 9.89. The summed E-state index contributed by atoms with van der Waals surface area (Å²) < 4.78 is 10.9. The smallest absolute Gasteiger partial charge is 0.408 e. The van der Waals surface area contributed by atoms with Gasteiger partial charge in [0.1, 0.15) is 18.2 Å². The number of fused-ring (bicyclic) bond motifs is 3. The van der Waals surface area contributed by atoms with Crippen molar-refractivity contribution in [2.75, 3.05) is 0 Å². The van der Waals surface area contributed by atoms with E-state index in [2.05, 4.69) is 25.8 Å². The van der Waals surface area contributed by atoms with Gasteiger partial charge in [-0.05, 0) is 47.9 Å². The summed E-state index contributed by atoms with van der Waals surface area (Å²) in [5.41, 5.74) is 7.18. The Bertz CT molecular complexity index is 1880. The maximum absolute atomic E-state index is 14.8. The molecular weight excluding hydrogens is 683 g/mol. The van der Waals surface area contributed by atoms with Crippen LogP contribution in [0.3, 0.4) is 0 Å². The number of nitrogens with two attached hydrogens (primary N) is 1. The first kappa shape index (κ1) is 36.9. The highest BCUT2D eigenvalue weighted by atomic mass is 35.5. The minimum atomic E-state index is -1.40. The van der Waals surface area contributed by atoms with Gasteiger partial charge in [-0.2, -0.15) is 4.98 Å². The lowest BCUT2D eigenvalue weighted by atomic mass is 9.73. The van der Waals surface area contributed by atoms with E-state index in [-0.39, 0.29) is 55.2 Å². The van der Waals surface area contributed by atoms with Gasteiger partial charge < -0.3 is 30.6 Å². The number of carbonyl (C=O) groups excluding carboxylic acids is 4. The number of aromatic nitrogens is 3. The normalized spacial score (nSPS) is 18.0. The molecule has 0 fully saturated rings. The van der Waals surface area contributed by atoms with E-state index in [1.807, 2.05) is 58.0 Å². The minimum absolute atomic E-state index is 0.0303. The van der Waals surface area contributed by atoms with E-state index >= 15 is 0 Å². The molecule has 5 rings (SSSR count). The second kappa shape index (κ2) is 15.6. The molecular formula is C36H42Cl2N6O6. The highest BCUT2D eigenvalue weighted by Gasteiger charge is 2.46. The Kier molecular flexibility index (Phi) is 11.5. The molecule has 0 radical (unpaired) electrons. The number of rotatable bonds is 14. The van der Waals surface area contributed by atoms with Crippen LogP contribution in [0.5, 0.6) is 0 Å². The first-order chi connectivity index (χ1) is 23.8. The van der Waals surface area contributed by atoms with Crippen LogP contribution in [-0.2, 0) is 33.8 Å². The number of hydrogen-bond acceptors (Lipinski definition) is 8. The van der Waals surface area contributed by atoms with Crippen LogP contribution < -0.4 is 16.4 Å². The monoisotopic (exact) mass is 724 g/mol. The van der Waals surface area contributed by atoms with Crippen LogP contribution in [0, 0.1) is 11.8 Å². The topological polar surface area (TPSA) is 182 Å². The van der Waals surface area contributed by atoms with E-state index < -0.39 is 35.4 Å². The zero-order chi connectivity index (χ0) is 36.2. The highest BCUT2D eigenvalue weighted by molar-refractivity contribution is 6.38. The molecule has 266 valence electrons. The van der Waals surface area contributed by atoms with Gasteiger partial charge in [-0.15, -0.1) is 0 Å². The van der Waals surface area contributed by atoms with Crippen molar-refractivity contribution in [3.05, 3.63) is 81.0 Å². The molecule has 3 amide bonds. The van der Waals surface area contributed by atoms with Gasteiger partial charge in [0, 0.05) is 34.9 Å². The molecule has 0 aliphatic heterocycles. The summed E-state index contributed by atoms with van der Waals surface area (Å²) in [4.78, 5) is 61.4. The number of hydrogen-bond donors (Lipinski definition) is 4. The van der Waals surface area contributed by atoms with Gasteiger partial charge >= 0.3 is 6.09 Å². The van der Waals surface area contributed by atoms with Crippen LogP contribution in [-0.4, -0.2) is 50.4 Å². The molecule has 0 saturated heterocycles. The Hall–Kier alpha value is -4.42. The minimum Gasteiger partial charge on any atom is -0.445 e. The molecule has 1 aliphatic rings. The van der Waals surface area contributed by atoms with Crippen LogP contribution in [0.15, 0.2) is 47.0 Å². The van der Waals surface area contributed by atoms with E-state index in [1.54, 1.807) is 12.1 Å². The molecule has 1 aliphatic carbocycles. The first-order valence-electron chi connectivity index (χ1n) is 16.8. The molecule has 0 saturated carbocycles. The number of ketones is 1. The lowest BCUT2D eigenvalue weighted by molar-refractivity contribution is -0.134. The maximum Gasteiger partial charge on any atom is 0.408 e. The van der Waals surface area contributed by atoms with Crippen molar-refractivity contribution < 1.29 is 28.4 Å². The first-order valence-corrected chi connectivity index (χ1v) is 17.6. The van der Waals surface area contributed by atoms with E-state index in [9.17, 15) is 19.2 Å². The van der Waals surface area contributed by atoms with Crippen LogP contribution >= 0.6 is 23.2 Å². The van der Waals surface area contributed by atoms with Crippen molar-refractivity contribution in [3.8, 4) is 0 Å². The van der Waals surface area contributed by atoms with Gasteiger partial charge in [0.25, 0.3) is 11.7 Å². The predicted octanol–water partition coefficient (Wildman–Crippen LogP) is 6.43. The molecule has 0 spiro atoms. The molecule has 5 N–H and O–H groups in total. The fourth-order valence-corrected chi connectivity index (χ4v) is 7.03. The molecule has 4 aromatic rings. The van der Waals surface area contributed by atoms with Crippen molar-refractivity contribution in [2.45, 2.75) is 90.3 Å². The number of alkyl carbamates (subject to hydrolysis) is 1. The largest absolute Gasteiger partial charge is 0.445 e. The number of aromatic amines is 1. The maximum atomic E-state index is 14.8. The Labute approximate surface area is 300 Å². The summed E-state index contributed by atoms with van der Waals surface area (Å²) in [5.74, 6) is -2.76. The van der Waals surface area contributed by atoms with Crippen LogP contribution in [0.1, 0.15) is 92.6 Å². The lowest BCUT2D eigenvalue weighted by Crippen LogP contribution is -2.62. The van der Waals surface area contributed by atoms with Gasteiger partial charge in [0.15, 0.2) is 5.78 Å². The fourth-order valence-electron chi connectivity index (χ4n) is 6.49. The van der Waals surface area contributed by atoms with E-state index in [0.717, 1.165) is 22.2 Å². The number of ether oxygens (including phenoxy) is 1. The summed E-state index contributed by atoms with van der Waals surface area (Å²) in [6, 6.07) is 11.7. The van der Waals surface area contributed by atoms with Crippen molar-refractivity contribution in [3.63, 3.8) is 0 Å². The molecule has 14 heteroatoms. The van der Waals surface area contributed by atoms with E-state index in [4.69, 9.17) is 38.2 Å². The van der Waals surface area contributed by atoms with Crippen molar-refractivity contribution >= 4 is 57.8 Å². The second-order valence-electron chi connectivity index (χ2n) is 13.1. The number of halogens is 2. The van der Waals surface area contributed by atoms with E-state index in [0.29, 0.717) is 34.8 Å². The van der Waals surface area contributed by atoms with Gasteiger partial charge in [0.2, 0.25) is 11.8 Å². The average molecular weight is 726 g/mol. The second-order valence-corrected chi connectivity index (χ2v) is 14.0. The number of aryl methyl sites for hydroxylation is 1. The summed E-state index contributed by atoms with van der Waals surface area (Å²) in [5, 5.41) is 11.2. The fraction of sp³-hybridized carbons (Fsp3) is 0.444. The lowest BCUT2D eigenvalue weighted by Gasteiger charge is -2.39. The van der Waals surface area contributed by atoms with Gasteiger partial charge in [-0.1, -0.05) is 99.2 Å². The van der Waals surface area contributed by atoms with Gasteiger partial charge in [-0.3, -0.25) is 14.4 Å². The number of H-pyrrole nitrogens is 1. The Morgan fingerprint density at radius 1 is 1.08 bits per heavy atom. The number of nitrogens with zero attached hydrogens (tertiary/aromatic N) is 2. The highest BCUT2D eigenvalue weighted by Crippen LogP contribution is 2.40. The quantitative estimate of drug-likeness (QED) is 0.115. The Morgan fingerprint density at radius 2 is 1.80 bits per heavy atom. The van der Waals surface area contributed by atoms with Crippen LogP contribution in [0.2, 0.25) is 10.0 Å². The van der Waals surface area contributed by atoms with Crippen molar-refractivity contribution in [1.29, 1.82) is 0 Å². The zero-order valence-corrected chi connectivity index (χ0v) is 30.0. The Balaban J connectivity index is 1.49. The SMILES string of the molecule is CCC(C)[C@H](NC(=O)OCc1ccccc1)C(=O)N[C@@]1(C(=O)C[C@H](c2nc(C(N)=O)no2)C(C)CC)CCc2[nH]c3c(Cl)cc(Cl)cc3c2C1. The molecule has 0 bridgehead atoms. The number of amides is 3. The predicted molar refractivity (Wildman–Crippen MR) is 189 cm³/mol. The molecule has 5 atom stereocenters. The zero-order valence-electron chi connectivity index (χ0n) is 28.5. The molecule has 2 aromatic heterocycles. The molecule has 50 heavy (non-hydrogen) atoms. The molecule has 12 nitrogen and oxygen atoms in total. The number of benzene rings is 2. The molecule has 2 unspecified atom stereocenters. The number of carbonyl (C=O) groups is 4. The Morgan fingerprint density at radius 3 is 2.46 bits per heavy atom. The third-order valence-corrected chi connectivity index (χ3v) is 10.4. The van der Waals surface area contributed by atoms with Crippen molar-refractivity contribution in [2.24, 2.45) is 17.6 Å². The molecule has 2 heterocycles. The number of nitrogens with one attached hydrogen (secondary N) is 3. The van der Waals surface area contributed by atoms with Crippen LogP contribution in [0.4, 0.5) is 4.79 Å². The summed E-state index contributed by atoms with van der Waals surface area (Å²) in [7, 11) is 0. The van der Waals surface area contributed by atoms with Gasteiger partial charge in [0.05, 0.1) is 10.5 Å². The summed E-state index contributed by atoms with van der Waals surface area (Å²) in [6.45, 7) is 7.71. The van der Waals surface area contributed by atoms with Crippen LogP contribution in [0.25, 0.3) is 10.9 Å². The van der Waals surface area contributed by atoms with Gasteiger partial charge in [-0.25, -0.2) is 4.79 Å². The molecule has 2 aromatic carbocycles. The van der Waals surface area contributed by atoms with E-state index in [1.165, 1.54) is 0 Å². The summed E-state index contributed by atoms with van der Waals surface area (Å²) >= 11 is 13.0. The average Bonchev–Trinajstić information content (AvgIpc) is 3.74. The number of primary amides is 1.